The van der Waals surface area contributed by atoms with E-state index in [9.17, 15) is 14.4 Å². The van der Waals surface area contributed by atoms with E-state index in [-0.39, 0.29) is 18.1 Å². The third-order valence-corrected chi connectivity index (χ3v) is 2.77. The van der Waals surface area contributed by atoms with Crippen LogP contribution in [0.15, 0.2) is 41.8 Å². The summed E-state index contributed by atoms with van der Waals surface area (Å²) in [5, 5.41) is 2.82. The zero-order chi connectivity index (χ0) is 15.4. The summed E-state index contributed by atoms with van der Waals surface area (Å²) in [5.74, 6) is -2.25. The quantitative estimate of drug-likeness (QED) is 0.597. The SMILES string of the molecule is C[C@H](OC(=O)C1=C(Nc2ccccc2)OCC1=O)C(N)=O. The summed E-state index contributed by atoms with van der Waals surface area (Å²) in [7, 11) is 0. The molecule has 1 aliphatic heterocycles. The number of para-hydroxylation sites is 1. The van der Waals surface area contributed by atoms with E-state index in [1.54, 1.807) is 24.3 Å². The first kappa shape index (κ1) is 14.6. The van der Waals surface area contributed by atoms with Crippen molar-refractivity contribution in [3.63, 3.8) is 0 Å². The Balaban J connectivity index is 2.20. The molecule has 1 aromatic carbocycles. The molecule has 0 aliphatic carbocycles. The van der Waals surface area contributed by atoms with Gasteiger partial charge in [-0.1, -0.05) is 18.2 Å². The van der Waals surface area contributed by atoms with Crippen molar-refractivity contribution in [2.45, 2.75) is 13.0 Å². The highest BCUT2D eigenvalue weighted by atomic mass is 16.6. The fraction of sp³-hybridized carbons (Fsp3) is 0.214. The number of Topliss-reactive ketones (excluding diaryl/α,β-unsaturated/α-hetero) is 1. The van der Waals surface area contributed by atoms with E-state index < -0.39 is 23.8 Å². The van der Waals surface area contributed by atoms with Gasteiger partial charge in [-0.3, -0.25) is 9.59 Å². The molecule has 1 atom stereocenters. The molecule has 3 N–H and O–H groups in total. The fourth-order valence-corrected chi connectivity index (χ4v) is 1.64. The molecule has 0 bridgehead atoms. The molecule has 0 fully saturated rings. The number of anilines is 1. The van der Waals surface area contributed by atoms with Crippen molar-refractivity contribution in [3.05, 3.63) is 41.8 Å². The van der Waals surface area contributed by atoms with Crippen LogP contribution in [0.3, 0.4) is 0 Å². The van der Waals surface area contributed by atoms with Crippen LogP contribution in [-0.4, -0.2) is 30.4 Å². The molecule has 21 heavy (non-hydrogen) atoms. The van der Waals surface area contributed by atoms with Gasteiger partial charge in [0.1, 0.15) is 0 Å². The molecule has 7 nitrogen and oxygen atoms in total. The average Bonchev–Trinajstić information content (AvgIpc) is 2.80. The molecule has 0 aromatic heterocycles. The van der Waals surface area contributed by atoms with Crippen LogP contribution in [0.2, 0.25) is 0 Å². The highest BCUT2D eigenvalue weighted by Crippen LogP contribution is 2.20. The number of carbonyl (C=O) groups is 3. The zero-order valence-electron chi connectivity index (χ0n) is 11.3. The predicted molar refractivity (Wildman–Crippen MR) is 72.8 cm³/mol. The molecule has 0 saturated heterocycles. The number of hydrogen-bond donors (Lipinski definition) is 2. The molecule has 1 aromatic rings. The molecular formula is C14H14N2O5. The Morgan fingerprint density at radius 3 is 2.62 bits per heavy atom. The maximum absolute atomic E-state index is 11.9. The van der Waals surface area contributed by atoms with Gasteiger partial charge in [0, 0.05) is 5.69 Å². The van der Waals surface area contributed by atoms with Crippen LogP contribution in [0.4, 0.5) is 5.69 Å². The number of benzene rings is 1. The van der Waals surface area contributed by atoms with E-state index in [1.165, 1.54) is 6.92 Å². The van der Waals surface area contributed by atoms with Gasteiger partial charge in [0.25, 0.3) is 5.91 Å². The van der Waals surface area contributed by atoms with Crippen molar-refractivity contribution in [1.29, 1.82) is 0 Å². The van der Waals surface area contributed by atoms with Gasteiger partial charge in [-0.15, -0.1) is 0 Å². The van der Waals surface area contributed by atoms with Crippen LogP contribution < -0.4 is 11.1 Å². The van der Waals surface area contributed by atoms with Gasteiger partial charge in [-0.25, -0.2) is 4.79 Å². The van der Waals surface area contributed by atoms with Crippen molar-refractivity contribution in [3.8, 4) is 0 Å². The summed E-state index contributed by atoms with van der Waals surface area (Å²) in [6.45, 7) is 1.07. The lowest BCUT2D eigenvalue weighted by atomic mass is 10.2. The van der Waals surface area contributed by atoms with Crippen molar-refractivity contribution in [1.82, 2.24) is 0 Å². The van der Waals surface area contributed by atoms with E-state index in [4.69, 9.17) is 15.2 Å². The monoisotopic (exact) mass is 290 g/mol. The summed E-state index contributed by atoms with van der Waals surface area (Å²) < 4.78 is 9.97. The Bertz CT molecular complexity index is 609. The lowest BCUT2D eigenvalue weighted by Crippen LogP contribution is -2.32. The average molecular weight is 290 g/mol. The van der Waals surface area contributed by atoms with E-state index in [1.807, 2.05) is 6.07 Å². The Morgan fingerprint density at radius 2 is 2.00 bits per heavy atom. The lowest BCUT2D eigenvalue weighted by molar-refractivity contribution is -0.150. The first-order chi connectivity index (χ1) is 9.99. The van der Waals surface area contributed by atoms with Crippen LogP contribution in [-0.2, 0) is 23.9 Å². The number of amides is 1. The van der Waals surface area contributed by atoms with Crippen molar-refractivity contribution >= 4 is 23.3 Å². The second kappa shape index (κ2) is 6.08. The predicted octanol–water partition coefficient (Wildman–Crippen LogP) is 0.326. The molecule has 0 radical (unpaired) electrons. The van der Waals surface area contributed by atoms with Crippen molar-refractivity contribution < 1.29 is 23.9 Å². The number of hydrogen-bond acceptors (Lipinski definition) is 6. The second-order valence-electron chi connectivity index (χ2n) is 4.36. The maximum atomic E-state index is 11.9. The maximum Gasteiger partial charge on any atom is 0.348 e. The number of nitrogens with two attached hydrogens (primary N) is 1. The van der Waals surface area contributed by atoms with Gasteiger partial charge in [-0.05, 0) is 19.1 Å². The molecule has 2 rings (SSSR count). The third kappa shape index (κ3) is 3.38. The first-order valence-corrected chi connectivity index (χ1v) is 6.21. The van der Waals surface area contributed by atoms with Gasteiger partial charge in [-0.2, -0.15) is 0 Å². The number of rotatable bonds is 5. The number of ketones is 1. The van der Waals surface area contributed by atoms with E-state index >= 15 is 0 Å². The van der Waals surface area contributed by atoms with Crippen molar-refractivity contribution in [2.24, 2.45) is 5.73 Å². The first-order valence-electron chi connectivity index (χ1n) is 6.21. The molecule has 0 saturated carbocycles. The Labute approximate surface area is 120 Å². The van der Waals surface area contributed by atoms with Crippen LogP contribution in [0, 0.1) is 0 Å². The fourth-order valence-electron chi connectivity index (χ4n) is 1.64. The minimum Gasteiger partial charge on any atom is -0.470 e. The standard InChI is InChI=1S/C14H14N2O5/c1-8(12(15)18)21-14(19)11-10(17)7-20-13(11)16-9-5-3-2-4-6-9/h2-6,8,16H,7H2,1H3,(H2,15,18)/t8-/m0/s1. The molecule has 0 unspecified atom stereocenters. The van der Waals surface area contributed by atoms with Crippen LogP contribution in [0.5, 0.6) is 0 Å². The number of primary amides is 1. The van der Waals surface area contributed by atoms with Gasteiger partial charge >= 0.3 is 5.97 Å². The number of ether oxygens (including phenoxy) is 2. The van der Waals surface area contributed by atoms with Crippen LogP contribution in [0.25, 0.3) is 0 Å². The molecule has 1 heterocycles. The Hall–Kier alpha value is -2.83. The minimum atomic E-state index is -1.13. The lowest BCUT2D eigenvalue weighted by Gasteiger charge is -2.11. The minimum absolute atomic E-state index is 0.00729. The Morgan fingerprint density at radius 1 is 1.33 bits per heavy atom. The number of nitrogens with one attached hydrogen (secondary N) is 1. The summed E-state index contributed by atoms with van der Waals surface area (Å²) in [5.41, 5.74) is 5.40. The van der Waals surface area contributed by atoms with E-state index in [2.05, 4.69) is 5.32 Å². The molecule has 1 aliphatic rings. The highest BCUT2D eigenvalue weighted by molar-refractivity contribution is 6.20. The van der Waals surface area contributed by atoms with E-state index in [0.29, 0.717) is 5.69 Å². The van der Waals surface area contributed by atoms with Gasteiger partial charge in [0.05, 0.1) is 0 Å². The molecule has 0 spiro atoms. The second-order valence-corrected chi connectivity index (χ2v) is 4.36. The summed E-state index contributed by atoms with van der Waals surface area (Å²) in [6.07, 6.45) is -1.13. The van der Waals surface area contributed by atoms with Crippen LogP contribution in [0.1, 0.15) is 6.92 Å². The van der Waals surface area contributed by atoms with Crippen LogP contribution >= 0.6 is 0 Å². The number of esters is 1. The molecular weight excluding hydrogens is 276 g/mol. The van der Waals surface area contributed by atoms with Crippen molar-refractivity contribution in [2.75, 3.05) is 11.9 Å². The largest absolute Gasteiger partial charge is 0.470 e. The molecule has 7 heteroatoms. The zero-order valence-corrected chi connectivity index (χ0v) is 11.3. The van der Waals surface area contributed by atoms with E-state index in [0.717, 1.165) is 0 Å². The summed E-state index contributed by atoms with van der Waals surface area (Å²) in [6, 6.07) is 8.88. The highest BCUT2D eigenvalue weighted by Gasteiger charge is 2.33. The topological polar surface area (TPSA) is 108 Å². The molecule has 1 amide bonds. The van der Waals surface area contributed by atoms with Gasteiger partial charge < -0.3 is 20.5 Å². The smallest absolute Gasteiger partial charge is 0.348 e. The summed E-state index contributed by atoms with van der Waals surface area (Å²) in [4.78, 5) is 34.6. The van der Waals surface area contributed by atoms with Gasteiger partial charge in [0.2, 0.25) is 11.7 Å². The normalized spacial score (nSPS) is 15.4. The van der Waals surface area contributed by atoms with Gasteiger partial charge in [0.15, 0.2) is 18.3 Å². The summed E-state index contributed by atoms with van der Waals surface area (Å²) >= 11 is 0. The molecule has 110 valence electrons. The number of carbonyl (C=O) groups excluding carboxylic acids is 3. The third-order valence-electron chi connectivity index (χ3n) is 2.77. The Kier molecular flexibility index (Phi) is 4.22.